The third-order valence-electron chi connectivity index (χ3n) is 2.21. The third-order valence-corrected chi connectivity index (χ3v) is 2.21. The van der Waals surface area contributed by atoms with Crippen molar-refractivity contribution in [1.82, 2.24) is 9.78 Å². The van der Waals surface area contributed by atoms with Crippen LogP contribution in [0.25, 0.3) is 0 Å². The normalized spacial score (nSPS) is 22.1. The molecule has 1 aliphatic rings. The van der Waals surface area contributed by atoms with E-state index in [1.807, 2.05) is 6.92 Å². The van der Waals surface area contributed by atoms with E-state index < -0.39 is 0 Å². The highest BCUT2D eigenvalue weighted by atomic mass is 16.5. The maximum absolute atomic E-state index is 11.4. The molecule has 0 aliphatic carbocycles. The molecule has 0 radical (unpaired) electrons. The van der Waals surface area contributed by atoms with Crippen LogP contribution in [0.4, 0.5) is 0 Å². The van der Waals surface area contributed by atoms with Crippen molar-refractivity contribution in [2.45, 2.75) is 19.4 Å². The number of ether oxygens (including phenoxy) is 1. The molecule has 1 fully saturated rings. The molecule has 0 bridgehead atoms. The Morgan fingerprint density at radius 2 is 2.46 bits per heavy atom. The lowest BCUT2D eigenvalue weighted by Crippen LogP contribution is -2.27. The maximum atomic E-state index is 11.4. The zero-order valence-corrected chi connectivity index (χ0v) is 7.56. The summed E-state index contributed by atoms with van der Waals surface area (Å²) in [5, 5.41) is 4.18. The first-order valence-corrected chi connectivity index (χ1v) is 4.41. The van der Waals surface area contributed by atoms with Crippen LogP contribution in [0, 0.1) is 6.92 Å². The first kappa shape index (κ1) is 8.44. The molecule has 0 spiro atoms. The minimum atomic E-state index is -0.0406. The Morgan fingerprint density at radius 3 is 3.15 bits per heavy atom. The molecule has 70 valence electrons. The smallest absolute Gasteiger partial charge is 0.267 e. The Labute approximate surface area is 76.1 Å². The van der Waals surface area contributed by atoms with E-state index in [9.17, 15) is 4.79 Å². The van der Waals surface area contributed by atoms with Gasteiger partial charge in [0.05, 0.1) is 18.3 Å². The van der Waals surface area contributed by atoms with E-state index in [0.29, 0.717) is 6.61 Å². The summed E-state index contributed by atoms with van der Waals surface area (Å²) in [6, 6.07) is 3.42. The van der Waals surface area contributed by atoms with Gasteiger partial charge in [-0.25, -0.2) is 4.68 Å². The molecule has 1 unspecified atom stereocenters. The van der Waals surface area contributed by atoms with Crippen molar-refractivity contribution in [2.75, 3.05) is 13.2 Å². The second kappa shape index (κ2) is 3.30. The summed E-state index contributed by atoms with van der Waals surface area (Å²) < 4.78 is 6.74. The van der Waals surface area contributed by atoms with Crippen LogP contribution < -0.4 is 5.56 Å². The van der Waals surface area contributed by atoms with Gasteiger partial charge >= 0.3 is 0 Å². The summed E-state index contributed by atoms with van der Waals surface area (Å²) in [5.74, 6) is 0. The number of aryl methyl sites for hydroxylation is 1. The van der Waals surface area contributed by atoms with Gasteiger partial charge in [-0.3, -0.25) is 4.79 Å². The first-order chi connectivity index (χ1) is 6.27. The van der Waals surface area contributed by atoms with Gasteiger partial charge in [-0.2, -0.15) is 5.10 Å². The molecule has 1 atom stereocenters. The second-order valence-corrected chi connectivity index (χ2v) is 3.27. The molecule has 1 saturated heterocycles. The Kier molecular flexibility index (Phi) is 2.14. The van der Waals surface area contributed by atoms with Crippen molar-refractivity contribution in [2.24, 2.45) is 0 Å². The number of aromatic nitrogens is 2. The summed E-state index contributed by atoms with van der Waals surface area (Å²) in [7, 11) is 0. The molecular formula is C9H12N2O2. The van der Waals surface area contributed by atoms with Crippen LogP contribution in [-0.2, 0) is 4.74 Å². The fourth-order valence-corrected chi connectivity index (χ4v) is 1.50. The van der Waals surface area contributed by atoms with Gasteiger partial charge in [0.2, 0.25) is 0 Å². The van der Waals surface area contributed by atoms with Gasteiger partial charge in [0.15, 0.2) is 0 Å². The first-order valence-electron chi connectivity index (χ1n) is 4.41. The number of nitrogens with zero attached hydrogens (tertiary/aromatic N) is 2. The molecule has 0 N–H and O–H groups in total. The van der Waals surface area contributed by atoms with Gasteiger partial charge in [0.1, 0.15) is 0 Å². The zero-order chi connectivity index (χ0) is 9.26. The molecule has 0 amide bonds. The van der Waals surface area contributed by atoms with Gasteiger partial charge < -0.3 is 4.74 Å². The van der Waals surface area contributed by atoms with Gasteiger partial charge in [-0.1, -0.05) is 0 Å². The van der Waals surface area contributed by atoms with E-state index in [2.05, 4.69) is 5.10 Å². The lowest BCUT2D eigenvalue weighted by atomic mass is 10.2. The van der Waals surface area contributed by atoms with Crippen LogP contribution >= 0.6 is 0 Å². The van der Waals surface area contributed by atoms with Gasteiger partial charge in [0, 0.05) is 12.7 Å². The van der Waals surface area contributed by atoms with Crippen molar-refractivity contribution in [3.8, 4) is 0 Å². The van der Waals surface area contributed by atoms with E-state index in [-0.39, 0.29) is 11.6 Å². The quantitative estimate of drug-likeness (QED) is 0.632. The van der Waals surface area contributed by atoms with Crippen molar-refractivity contribution in [3.63, 3.8) is 0 Å². The van der Waals surface area contributed by atoms with Gasteiger partial charge in [-0.15, -0.1) is 0 Å². The standard InChI is InChI=1S/C9H12N2O2/c1-7-2-3-9(12)11(10-7)8-4-5-13-6-8/h2-3,8H,4-6H2,1H3. The molecule has 4 nitrogen and oxygen atoms in total. The fraction of sp³-hybridized carbons (Fsp3) is 0.556. The Balaban J connectivity index is 2.37. The van der Waals surface area contributed by atoms with E-state index in [1.165, 1.54) is 4.68 Å². The van der Waals surface area contributed by atoms with E-state index in [1.54, 1.807) is 12.1 Å². The van der Waals surface area contributed by atoms with E-state index >= 15 is 0 Å². The fourth-order valence-electron chi connectivity index (χ4n) is 1.50. The molecule has 4 heteroatoms. The highest BCUT2D eigenvalue weighted by Gasteiger charge is 2.19. The van der Waals surface area contributed by atoms with Crippen molar-refractivity contribution < 1.29 is 4.74 Å². The number of hydrogen-bond donors (Lipinski definition) is 0. The van der Waals surface area contributed by atoms with Crippen LogP contribution in [0.1, 0.15) is 18.2 Å². The summed E-state index contributed by atoms with van der Waals surface area (Å²) in [5.41, 5.74) is 0.826. The number of rotatable bonds is 1. The summed E-state index contributed by atoms with van der Waals surface area (Å²) in [6.45, 7) is 3.22. The summed E-state index contributed by atoms with van der Waals surface area (Å²) >= 11 is 0. The minimum absolute atomic E-state index is 0.0406. The minimum Gasteiger partial charge on any atom is -0.379 e. The molecule has 0 saturated carbocycles. The second-order valence-electron chi connectivity index (χ2n) is 3.27. The van der Waals surface area contributed by atoms with Crippen molar-refractivity contribution in [3.05, 3.63) is 28.2 Å². The summed E-state index contributed by atoms with van der Waals surface area (Å²) in [6.07, 6.45) is 0.885. The molecule has 1 aromatic rings. The monoisotopic (exact) mass is 180 g/mol. The van der Waals surface area contributed by atoms with E-state index in [4.69, 9.17) is 4.74 Å². The highest BCUT2D eigenvalue weighted by Crippen LogP contribution is 2.15. The summed E-state index contributed by atoms with van der Waals surface area (Å²) in [4.78, 5) is 11.4. The molecule has 2 rings (SSSR count). The molecule has 0 aromatic carbocycles. The highest BCUT2D eigenvalue weighted by molar-refractivity contribution is 4.98. The molecule has 13 heavy (non-hydrogen) atoms. The Hall–Kier alpha value is -1.16. The van der Waals surface area contributed by atoms with E-state index in [0.717, 1.165) is 18.7 Å². The van der Waals surface area contributed by atoms with Gasteiger partial charge in [-0.05, 0) is 19.4 Å². The average Bonchev–Trinajstić information content (AvgIpc) is 2.61. The average molecular weight is 180 g/mol. The lowest BCUT2D eigenvalue weighted by molar-refractivity contribution is 0.183. The predicted molar refractivity (Wildman–Crippen MR) is 47.7 cm³/mol. The topological polar surface area (TPSA) is 44.1 Å². The van der Waals surface area contributed by atoms with Crippen molar-refractivity contribution >= 4 is 0 Å². The van der Waals surface area contributed by atoms with Crippen LogP contribution in [0.3, 0.4) is 0 Å². The maximum Gasteiger partial charge on any atom is 0.267 e. The molecule has 2 heterocycles. The van der Waals surface area contributed by atoms with Crippen LogP contribution in [0.15, 0.2) is 16.9 Å². The zero-order valence-electron chi connectivity index (χ0n) is 7.56. The third kappa shape index (κ3) is 1.62. The van der Waals surface area contributed by atoms with Crippen LogP contribution in [0.2, 0.25) is 0 Å². The van der Waals surface area contributed by atoms with Crippen LogP contribution in [-0.4, -0.2) is 23.0 Å². The molecule has 1 aromatic heterocycles. The number of hydrogen-bond acceptors (Lipinski definition) is 3. The largest absolute Gasteiger partial charge is 0.379 e. The Morgan fingerprint density at radius 1 is 1.62 bits per heavy atom. The van der Waals surface area contributed by atoms with Crippen molar-refractivity contribution in [1.29, 1.82) is 0 Å². The predicted octanol–water partition coefficient (Wildman–Crippen LogP) is 0.513. The Bertz CT molecular complexity index is 353. The molecule has 1 aliphatic heterocycles. The molecular weight excluding hydrogens is 168 g/mol. The lowest BCUT2D eigenvalue weighted by Gasteiger charge is -2.09. The van der Waals surface area contributed by atoms with Crippen LogP contribution in [0.5, 0.6) is 0 Å². The SMILES string of the molecule is Cc1ccc(=O)n(C2CCOC2)n1. The van der Waals surface area contributed by atoms with Gasteiger partial charge in [0.25, 0.3) is 5.56 Å².